The predicted molar refractivity (Wildman–Crippen MR) is 138 cm³/mol. The molecule has 1 fully saturated rings. The molecule has 203 valence electrons. The molecule has 37 heavy (non-hydrogen) atoms. The van der Waals surface area contributed by atoms with Gasteiger partial charge in [0.1, 0.15) is 11.5 Å². The van der Waals surface area contributed by atoms with Gasteiger partial charge in [-0.15, -0.1) is 0 Å². The molecule has 2 atom stereocenters. The van der Waals surface area contributed by atoms with Gasteiger partial charge in [0.2, 0.25) is 0 Å². The van der Waals surface area contributed by atoms with E-state index in [1.54, 1.807) is 24.6 Å². The van der Waals surface area contributed by atoms with Crippen molar-refractivity contribution in [2.75, 3.05) is 0 Å². The Morgan fingerprint density at radius 1 is 0.811 bits per heavy atom. The van der Waals surface area contributed by atoms with Crippen molar-refractivity contribution in [2.24, 2.45) is 9.98 Å². The predicted octanol–water partition coefficient (Wildman–Crippen LogP) is 2.58. The van der Waals surface area contributed by atoms with Gasteiger partial charge in [-0.25, -0.2) is 0 Å². The zero-order valence-corrected chi connectivity index (χ0v) is 22.8. The van der Waals surface area contributed by atoms with Gasteiger partial charge in [0.15, 0.2) is 0 Å². The summed E-state index contributed by atoms with van der Waals surface area (Å²) in [6.45, 7) is 6.14. The molecule has 0 bridgehead atoms. The number of benzene rings is 2. The zero-order chi connectivity index (χ0) is 27.1. The Morgan fingerprint density at radius 3 is 1.43 bits per heavy atom. The fourth-order valence-corrected chi connectivity index (χ4v) is 3.65. The van der Waals surface area contributed by atoms with Crippen LogP contribution in [0.5, 0.6) is 11.5 Å². The van der Waals surface area contributed by atoms with Crippen molar-refractivity contribution in [3.05, 3.63) is 58.7 Å². The molecule has 0 aromatic heterocycles. The third kappa shape index (κ3) is 13.6. The topological polar surface area (TPSA) is 145 Å². The maximum Gasteiger partial charge on any atom is 2.00 e. The summed E-state index contributed by atoms with van der Waals surface area (Å²) in [5.74, 6) is -1.64. The molecule has 8 nitrogen and oxygen atoms in total. The zero-order valence-electron chi connectivity index (χ0n) is 21.8. The van der Waals surface area contributed by atoms with Crippen molar-refractivity contribution in [1.82, 2.24) is 0 Å². The minimum absolute atomic E-state index is 0. The molecule has 2 N–H and O–H groups in total. The number of carboxylic acids is 2. The van der Waals surface area contributed by atoms with E-state index < -0.39 is 11.9 Å². The van der Waals surface area contributed by atoms with E-state index in [4.69, 9.17) is 29.8 Å². The molecule has 0 spiro atoms. The van der Waals surface area contributed by atoms with Crippen molar-refractivity contribution in [2.45, 2.75) is 78.3 Å². The third-order valence-electron chi connectivity index (χ3n) is 5.50. The first-order valence-electron chi connectivity index (χ1n) is 12.1. The van der Waals surface area contributed by atoms with Crippen LogP contribution in [0.1, 0.15) is 75.6 Å². The van der Waals surface area contributed by atoms with E-state index in [0.717, 1.165) is 63.5 Å². The number of aryl methyl sites for hydroxylation is 2. The van der Waals surface area contributed by atoms with Gasteiger partial charge in [-0.05, 0) is 74.9 Å². The quantitative estimate of drug-likeness (QED) is 0.524. The van der Waals surface area contributed by atoms with Crippen LogP contribution in [0.2, 0.25) is 0 Å². The van der Waals surface area contributed by atoms with E-state index >= 15 is 0 Å². The molecule has 2 aromatic rings. The van der Waals surface area contributed by atoms with Crippen LogP contribution in [-0.2, 0) is 39.2 Å². The van der Waals surface area contributed by atoms with Crippen molar-refractivity contribution in [3.63, 3.8) is 0 Å². The molecule has 0 amide bonds. The van der Waals surface area contributed by atoms with Crippen LogP contribution in [0.15, 0.2) is 46.4 Å². The molecule has 9 heteroatoms. The van der Waals surface area contributed by atoms with Gasteiger partial charge < -0.3 is 30.0 Å². The van der Waals surface area contributed by atoms with Crippen molar-refractivity contribution in [1.29, 1.82) is 0 Å². The number of phenolic OH excluding ortho intramolecular Hbond substituents is 2. The van der Waals surface area contributed by atoms with Gasteiger partial charge in [-0.1, -0.05) is 38.8 Å². The van der Waals surface area contributed by atoms with E-state index in [9.17, 15) is 10.2 Å². The van der Waals surface area contributed by atoms with E-state index in [0.29, 0.717) is 0 Å². The summed E-state index contributed by atoms with van der Waals surface area (Å²) in [5, 5.41) is 38.0. The second kappa shape index (κ2) is 18.1. The van der Waals surface area contributed by atoms with Gasteiger partial charge >= 0.3 is 16.8 Å². The number of carbonyl (C=O) groups is 2. The second-order valence-corrected chi connectivity index (χ2v) is 8.45. The first-order chi connectivity index (χ1) is 17.1. The number of carbonyl (C=O) groups excluding carboxylic acids is 2. The Bertz CT molecular complexity index is 963. The summed E-state index contributed by atoms with van der Waals surface area (Å²) in [6, 6.07) is 11.6. The maximum atomic E-state index is 10.1. The Morgan fingerprint density at radius 2 is 1.14 bits per heavy atom. The van der Waals surface area contributed by atoms with Crippen LogP contribution in [0, 0.1) is 0 Å². The summed E-state index contributed by atoms with van der Waals surface area (Å²) in [6.07, 6.45) is 9.72. The molecule has 0 heterocycles. The summed E-state index contributed by atoms with van der Waals surface area (Å²) < 4.78 is 0. The number of aromatic hydroxyl groups is 2. The largest absolute Gasteiger partial charge is 2.00 e. The molecule has 0 aliphatic heterocycles. The average Bonchev–Trinajstić information content (AvgIpc) is 2.83. The number of phenols is 2. The van der Waals surface area contributed by atoms with Gasteiger partial charge in [0.05, 0.1) is 12.1 Å². The molecule has 1 aliphatic rings. The Labute approximate surface area is 229 Å². The number of carboxylic acid groups (broad SMARTS) is 2. The molecular weight excluding hydrogens is 519 g/mol. The Hall–Kier alpha value is -3.17. The standard InChI is InChI=1S/C24H30N2O2.2C2H4O2.Co/c1-3-17-9-11-23(27)19(13-17)15-25-21-7-5-6-8-22(21)26-16-20-14-18(4-2)10-12-24(20)28;2*1-2(3)4;/h9-16,21-22,27-28H,3-8H2,1-2H3;2*1H3,(H,3,4);/q;;;+2/p-2. The fraction of sp³-hybridized carbons (Fsp3) is 0.429. The van der Waals surface area contributed by atoms with Crippen molar-refractivity contribution < 1.29 is 46.8 Å². The van der Waals surface area contributed by atoms with E-state index in [1.165, 1.54) is 11.1 Å². The summed E-state index contributed by atoms with van der Waals surface area (Å²) in [4.78, 5) is 27.3. The van der Waals surface area contributed by atoms with Gasteiger partial charge in [0, 0.05) is 35.5 Å². The minimum Gasteiger partial charge on any atom is -0.550 e. The number of nitrogens with zero attached hydrogens (tertiary/aromatic N) is 2. The Balaban J connectivity index is 0.00000127. The second-order valence-electron chi connectivity index (χ2n) is 8.45. The van der Waals surface area contributed by atoms with E-state index in [1.807, 2.05) is 24.3 Å². The summed E-state index contributed by atoms with van der Waals surface area (Å²) >= 11 is 0. The van der Waals surface area contributed by atoms with Crippen LogP contribution < -0.4 is 10.2 Å². The number of hydrogen-bond donors (Lipinski definition) is 2. The number of aliphatic imine (C=N–C) groups is 2. The van der Waals surface area contributed by atoms with Crippen LogP contribution in [0.3, 0.4) is 0 Å². The SMILES string of the molecule is CC(=O)[O-].CC(=O)[O-].CCc1ccc(O)c(C=NC2CCCCC2N=Cc2cc(CC)ccc2O)c1.[Co+2]. The van der Waals surface area contributed by atoms with Gasteiger partial charge in [-0.2, -0.15) is 0 Å². The third-order valence-corrected chi connectivity index (χ3v) is 5.50. The van der Waals surface area contributed by atoms with E-state index in [-0.39, 0.29) is 40.4 Å². The first kappa shape index (κ1) is 33.8. The normalized spacial score (nSPS) is 16.6. The molecule has 1 saturated carbocycles. The molecule has 0 saturated heterocycles. The van der Waals surface area contributed by atoms with Gasteiger partial charge in [0.25, 0.3) is 0 Å². The molecule has 2 unspecified atom stereocenters. The minimum atomic E-state index is -1.08. The average molecular weight is 556 g/mol. The van der Waals surface area contributed by atoms with Crippen molar-refractivity contribution >= 4 is 24.4 Å². The summed E-state index contributed by atoms with van der Waals surface area (Å²) in [7, 11) is 0. The number of hydrogen-bond acceptors (Lipinski definition) is 8. The van der Waals surface area contributed by atoms with Gasteiger partial charge in [-0.3, -0.25) is 9.98 Å². The van der Waals surface area contributed by atoms with Crippen LogP contribution >= 0.6 is 0 Å². The van der Waals surface area contributed by atoms with Crippen LogP contribution in [0.4, 0.5) is 0 Å². The van der Waals surface area contributed by atoms with E-state index in [2.05, 4.69) is 13.8 Å². The van der Waals surface area contributed by atoms with Crippen LogP contribution in [-0.4, -0.2) is 46.7 Å². The molecular formula is C28H36CoN2O6. The molecule has 2 aromatic carbocycles. The summed E-state index contributed by atoms with van der Waals surface area (Å²) in [5.41, 5.74) is 3.90. The first-order valence-corrected chi connectivity index (χ1v) is 12.1. The smallest absolute Gasteiger partial charge is 0.550 e. The molecule has 1 aliphatic carbocycles. The monoisotopic (exact) mass is 555 g/mol. The number of aliphatic carboxylic acids is 2. The molecule has 3 rings (SSSR count). The fourth-order valence-electron chi connectivity index (χ4n) is 3.65. The van der Waals surface area contributed by atoms with Crippen LogP contribution in [0.25, 0.3) is 0 Å². The molecule has 1 radical (unpaired) electrons. The maximum absolute atomic E-state index is 10.1. The number of rotatable bonds is 6. The van der Waals surface area contributed by atoms with Crippen molar-refractivity contribution in [3.8, 4) is 11.5 Å². The Kier molecular flexibility index (Phi) is 16.6.